The first-order valence-corrected chi connectivity index (χ1v) is 4.89. The average molecular weight is 238 g/mol. The van der Waals surface area contributed by atoms with Crippen molar-refractivity contribution < 1.29 is 4.79 Å². The van der Waals surface area contributed by atoms with E-state index in [4.69, 9.17) is 10.5 Å². The van der Waals surface area contributed by atoms with Crippen molar-refractivity contribution in [1.82, 2.24) is 0 Å². The van der Waals surface area contributed by atoms with Crippen LogP contribution in [0.5, 0.6) is 0 Å². The molecule has 0 aromatic carbocycles. The van der Waals surface area contributed by atoms with Crippen molar-refractivity contribution in [1.29, 1.82) is 10.5 Å². The van der Waals surface area contributed by atoms with Crippen molar-refractivity contribution in [3.8, 4) is 9.94 Å². The second-order valence-electron chi connectivity index (χ2n) is 0.637. The molecule has 0 aromatic rings. The molecule has 0 amide bonds. The molecule has 0 rings (SSSR count). The van der Waals surface area contributed by atoms with Crippen LogP contribution < -0.4 is 0 Å². The molecular weight excluding hydrogens is 238 g/mol. The van der Waals surface area contributed by atoms with E-state index in [0.29, 0.717) is 0 Å². The number of nitriles is 2. The zero-order chi connectivity index (χ0) is 6.41. The second kappa shape index (κ2) is 4.84. The minimum absolute atomic E-state index is 0.185. The van der Waals surface area contributed by atoms with Crippen molar-refractivity contribution in [3.05, 3.63) is 0 Å². The number of hydrogen-bond acceptors (Lipinski definition) is 3. The van der Waals surface area contributed by atoms with E-state index in [2.05, 4.69) is 0 Å². The van der Waals surface area contributed by atoms with Crippen LogP contribution in [0.4, 0.5) is 4.79 Å². The summed E-state index contributed by atoms with van der Waals surface area (Å²) in [5, 5.41) is 15.8. The van der Waals surface area contributed by atoms with E-state index in [1.165, 1.54) is 0 Å². The topological polar surface area (TPSA) is 64.7 Å². The van der Waals surface area contributed by atoms with Gasteiger partial charge in [-0.05, 0) is 0 Å². The Hall–Kier alpha value is -0.311. The van der Waals surface area contributed by atoms with E-state index in [1.54, 1.807) is 9.94 Å². The number of rotatable bonds is 2. The van der Waals surface area contributed by atoms with E-state index in [0.717, 1.165) is 0 Å². The Labute approximate surface area is 59.0 Å². The molecule has 5 heteroatoms. The van der Waals surface area contributed by atoms with Crippen molar-refractivity contribution >= 4 is 33.5 Å². The Morgan fingerprint density at radius 2 is 1.62 bits per heavy atom. The van der Waals surface area contributed by atoms with Crippen LogP contribution in [0.25, 0.3) is 0 Å². The maximum atomic E-state index is 10.3. The fraction of sp³-hybridized carbons (Fsp3) is 0. The summed E-state index contributed by atoms with van der Waals surface area (Å²) in [5.41, 5.74) is 0. The van der Waals surface area contributed by atoms with E-state index in [1.807, 2.05) is 0 Å². The van der Waals surface area contributed by atoms with E-state index in [-0.39, 0.29) is 3.58 Å². The zero-order valence-electron chi connectivity index (χ0n) is 3.62. The maximum absolute atomic E-state index is 10.3. The fourth-order valence-electron chi connectivity index (χ4n) is 0.0954. The standard InChI is InChI=1S/C3N2OSe2/c4-1-7-3(6)8-2-5. The molecule has 0 N–H and O–H groups in total. The van der Waals surface area contributed by atoms with Crippen molar-refractivity contribution in [3.63, 3.8) is 0 Å². The van der Waals surface area contributed by atoms with Gasteiger partial charge in [-0.1, -0.05) is 0 Å². The van der Waals surface area contributed by atoms with Crippen LogP contribution in [-0.2, 0) is 0 Å². The third-order valence-electron chi connectivity index (χ3n) is 0.258. The van der Waals surface area contributed by atoms with Crippen molar-refractivity contribution in [2.24, 2.45) is 0 Å². The van der Waals surface area contributed by atoms with Crippen LogP contribution in [0.15, 0.2) is 0 Å². The molecule has 0 atom stereocenters. The summed E-state index contributed by atoms with van der Waals surface area (Å²) in [4.78, 5) is 13.7. The monoisotopic (exact) mass is 240 g/mol. The van der Waals surface area contributed by atoms with Gasteiger partial charge in [-0.25, -0.2) is 0 Å². The quantitative estimate of drug-likeness (QED) is 0.608. The van der Waals surface area contributed by atoms with Gasteiger partial charge in [-0.15, -0.1) is 0 Å². The molecule has 0 unspecified atom stereocenters. The molecule has 3 nitrogen and oxygen atoms in total. The molecule has 0 heterocycles. The van der Waals surface area contributed by atoms with Gasteiger partial charge < -0.3 is 0 Å². The fourth-order valence-corrected chi connectivity index (χ4v) is 1.76. The number of carbonyl (C=O) groups is 1. The molecular formula is C3N2OSe2. The number of hydrogen-bond donors (Lipinski definition) is 0. The van der Waals surface area contributed by atoms with Crippen LogP contribution in [0, 0.1) is 20.5 Å². The Kier molecular flexibility index (Phi) is 4.65. The molecule has 0 radical (unpaired) electrons. The van der Waals surface area contributed by atoms with E-state index in [9.17, 15) is 4.79 Å². The van der Waals surface area contributed by atoms with Crippen LogP contribution in [0.1, 0.15) is 0 Å². The molecule has 0 saturated heterocycles. The van der Waals surface area contributed by atoms with Gasteiger partial charge in [-0.2, -0.15) is 0 Å². The molecule has 0 spiro atoms. The van der Waals surface area contributed by atoms with Gasteiger partial charge in [0.15, 0.2) is 0 Å². The van der Waals surface area contributed by atoms with Crippen LogP contribution in [0.3, 0.4) is 0 Å². The number of nitrogens with zero attached hydrogens (tertiary/aromatic N) is 2. The summed E-state index contributed by atoms with van der Waals surface area (Å²) in [6.45, 7) is 0. The molecule has 0 aliphatic carbocycles. The van der Waals surface area contributed by atoms with Crippen molar-refractivity contribution in [2.45, 2.75) is 0 Å². The Morgan fingerprint density at radius 3 is 1.88 bits per heavy atom. The molecule has 0 fully saturated rings. The predicted octanol–water partition coefficient (Wildman–Crippen LogP) is -0.523. The molecule has 0 aromatic heterocycles. The summed E-state index contributed by atoms with van der Waals surface area (Å²) in [6.07, 6.45) is 0. The summed E-state index contributed by atoms with van der Waals surface area (Å²) >= 11 is -1.20. The van der Waals surface area contributed by atoms with Gasteiger partial charge in [0, 0.05) is 0 Å². The first kappa shape index (κ1) is 7.69. The molecule has 40 valence electrons. The molecule has 0 saturated carbocycles. The normalized spacial score (nSPS) is 6.75. The molecule has 0 aliphatic rings. The molecule has 0 bridgehead atoms. The summed E-state index contributed by atoms with van der Waals surface area (Å²) in [6, 6.07) is 0. The SMILES string of the molecule is N#C[Se]C(=O)[Se]C#N. The van der Waals surface area contributed by atoms with Crippen LogP contribution >= 0.6 is 0 Å². The summed E-state index contributed by atoms with van der Waals surface area (Å²) in [7, 11) is 0. The van der Waals surface area contributed by atoms with Gasteiger partial charge in [0.1, 0.15) is 0 Å². The Morgan fingerprint density at radius 1 is 1.25 bits per heavy atom. The molecule has 0 aliphatic heterocycles. The van der Waals surface area contributed by atoms with Gasteiger partial charge >= 0.3 is 58.7 Å². The van der Waals surface area contributed by atoms with E-state index < -0.39 is 29.9 Å². The Balaban J connectivity index is 3.41. The first-order valence-electron chi connectivity index (χ1n) is 1.47. The molecule has 8 heavy (non-hydrogen) atoms. The van der Waals surface area contributed by atoms with Gasteiger partial charge in [0.2, 0.25) is 0 Å². The predicted molar refractivity (Wildman–Crippen MR) is 28.1 cm³/mol. The van der Waals surface area contributed by atoms with Gasteiger partial charge in [0.05, 0.1) is 0 Å². The minimum atomic E-state index is -0.601. The Bertz CT molecular complexity index is 147. The average Bonchev–Trinajstić information content (AvgIpc) is 1.68. The second-order valence-corrected chi connectivity index (χ2v) is 5.13. The van der Waals surface area contributed by atoms with Crippen molar-refractivity contribution in [2.75, 3.05) is 0 Å². The number of carbonyl (C=O) groups excluding carboxylic acids is 1. The summed E-state index contributed by atoms with van der Waals surface area (Å²) < 4.78 is -0.185. The van der Waals surface area contributed by atoms with Gasteiger partial charge in [0.25, 0.3) is 0 Å². The summed E-state index contributed by atoms with van der Waals surface area (Å²) in [5.74, 6) is 0. The van der Waals surface area contributed by atoms with Crippen LogP contribution in [-0.4, -0.2) is 33.5 Å². The van der Waals surface area contributed by atoms with Crippen LogP contribution in [0.2, 0.25) is 0 Å². The van der Waals surface area contributed by atoms with Gasteiger partial charge in [-0.3, -0.25) is 0 Å². The third-order valence-corrected chi connectivity index (χ3v) is 3.16. The third kappa shape index (κ3) is 3.86. The van der Waals surface area contributed by atoms with E-state index >= 15 is 0 Å². The zero-order valence-corrected chi connectivity index (χ0v) is 7.05. The first-order chi connectivity index (χ1) is 3.81.